The number of hydrogen-bond donors (Lipinski definition) is 2. The van der Waals surface area contributed by atoms with E-state index in [4.69, 9.17) is 5.11 Å². The molecule has 2 nitrogen and oxygen atoms in total. The second-order valence-electron chi connectivity index (χ2n) is 3.49. The summed E-state index contributed by atoms with van der Waals surface area (Å²) >= 11 is 0. The Morgan fingerprint density at radius 3 is 2.82 bits per heavy atom. The van der Waals surface area contributed by atoms with Gasteiger partial charge in [-0.25, -0.2) is 0 Å². The number of aliphatic hydroxyl groups excluding tert-OH is 1. The van der Waals surface area contributed by atoms with Crippen molar-refractivity contribution in [2.24, 2.45) is 0 Å². The molecule has 66 valence electrons. The summed E-state index contributed by atoms with van der Waals surface area (Å²) in [5.74, 6) is 0. The third-order valence-electron chi connectivity index (χ3n) is 2.80. The molecule has 1 saturated heterocycles. The highest BCUT2D eigenvalue weighted by Crippen LogP contribution is 2.04. The van der Waals surface area contributed by atoms with E-state index in [1.54, 1.807) is 4.90 Å². The SMILES string of the molecule is CC[NH+]1CCCCC[C@H]1CO. The van der Waals surface area contributed by atoms with E-state index in [2.05, 4.69) is 6.92 Å². The van der Waals surface area contributed by atoms with Crippen LogP contribution in [0.15, 0.2) is 0 Å². The van der Waals surface area contributed by atoms with E-state index in [-0.39, 0.29) is 0 Å². The predicted molar refractivity (Wildman–Crippen MR) is 45.7 cm³/mol. The average Bonchev–Trinajstić information content (AvgIpc) is 2.27. The van der Waals surface area contributed by atoms with Crippen molar-refractivity contribution in [1.29, 1.82) is 0 Å². The Balaban J connectivity index is 2.41. The molecule has 0 radical (unpaired) electrons. The Labute approximate surface area is 69.2 Å². The first-order chi connectivity index (χ1) is 5.38. The van der Waals surface area contributed by atoms with Gasteiger partial charge in [0.25, 0.3) is 0 Å². The smallest absolute Gasteiger partial charge is 0.111 e. The van der Waals surface area contributed by atoms with Crippen LogP contribution in [-0.4, -0.2) is 30.8 Å². The summed E-state index contributed by atoms with van der Waals surface area (Å²) in [6.45, 7) is 5.03. The Bertz CT molecular complexity index is 93.7. The van der Waals surface area contributed by atoms with Gasteiger partial charge in [0.15, 0.2) is 0 Å². The maximum atomic E-state index is 9.10. The zero-order chi connectivity index (χ0) is 8.10. The first kappa shape index (κ1) is 9.01. The summed E-state index contributed by atoms with van der Waals surface area (Å²) in [6.07, 6.45) is 5.24. The molecule has 2 N–H and O–H groups in total. The summed E-state index contributed by atoms with van der Waals surface area (Å²) in [5, 5.41) is 9.10. The summed E-state index contributed by atoms with van der Waals surface area (Å²) in [4.78, 5) is 1.60. The van der Waals surface area contributed by atoms with Crippen LogP contribution in [-0.2, 0) is 0 Å². The van der Waals surface area contributed by atoms with E-state index in [0.29, 0.717) is 12.6 Å². The van der Waals surface area contributed by atoms with Crippen molar-refractivity contribution in [3.05, 3.63) is 0 Å². The maximum absolute atomic E-state index is 9.10. The highest BCUT2D eigenvalue weighted by atomic mass is 16.3. The van der Waals surface area contributed by atoms with Crippen molar-refractivity contribution in [2.45, 2.75) is 38.6 Å². The van der Waals surface area contributed by atoms with E-state index >= 15 is 0 Å². The Morgan fingerprint density at radius 2 is 2.18 bits per heavy atom. The molecule has 0 amide bonds. The molecular formula is C9H20NO+. The molecule has 1 rings (SSSR count). The molecular weight excluding hydrogens is 138 g/mol. The van der Waals surface area contributed by atoms with Crippen LogP contribution >= 0.6 is 0 Å². The summed E-state index contributed by atoms with van der Waals surface area (Å²) < 4.78 is 0. The molecule has 11 heavy (non-hydrogen) atoms. The van der Waals surface area contributed by atoms with Crippen molar-refractivity contribution in [3.8, 4) is 0 Å². The van der Waals surface area contributed by atoms with Crippen LogP contribution in [0.4, 0.5) is 0 Å². The lowest BCUT2D eigenvalue weighted by molar-refractivity contribution is -0.923. The molecule has 0 saturated carbocycles. The van der Waals surface area contributed by atoms with Gasteiger partial charge in [0.2, 0.25) is 0 Å². The Kier molecular flexibility index (Phi) is 3.87. The minimum atomic E-state index is 0.378. The fraction of sp³-hybridized carbons (Fsp3) is 1.00. The molecule has 2 atom stereocenters. The summed E-state index contributed by atoms with van der Waals surface area (Å²) in [6, 6.07) is 0.530. The van der Waals surface area contributed by atoms with Crippen molar-refractivity contribution in [3.63, 3.8) is 0 Å². The van der Waals surface area contributed by atoms with Crippen LogP contribution in [0.3, 0.4) is 0 Å². The normalized spacial score (nSPS) is 33.3. The second kappa shape index (κ2) is 4.73. The lowest BCUT2D eigenvalue weighted by atomic mass is 10.1. The van der Waals surface area contributed by atoms with Gasteiger partial charge < -0.3 is 10.0 Å². The van der Waals surface area contributed by atoms with Crippen LogP contribution in [0, 0.1) is 0 Å². The fourth-order valence-corrected chi connectivity index (χ4v) is 2.01. The predicted octanol–water partition coefficient (Wildman–Crippen LogP) is -0.174. The van der Waals surface area contributed by atoms with Gasteiger partial charge in [-0.15, -0.1) is 0 Å². The van der Waals surface area contributed by atoms with E-state index in [9.17, 15) is 0 Å². The van der Waals surface area contributed by atoms with Gasteiger partial charge >= 0.3 is 0 Å². The quantitative estimate of drug-likeness (QED) is 0.573. The molecule has 1 unspecified atom stereocenters. The highest BCUT2D eigenvalue weighted by Gasteiger charge is 2.21. The van der Waals surface area contributed by atoms with Gasteiger partial charge in [-0.05, 0) is 26.2 Å². The largest absolute Gasteiger partial charge is 0.390 e. The first-order valence-electron chi connectivity index (χ1n) is 4.84. The van der Waals surface area contributed by atoms with Crippen LogP contribution < -0.4 is 4.90 Å². The zero-order valence-corrected chi connectivity index (χ0v) is 7.47. The molecule has 0 aliphatic carbocycles. The lowest BCUT2D eigenvalue weighted by Crippen LogP contribution is -3.15. The van der Waals surface area contributed by atoms with E-state index in [1.807, 2.05) is 0 Å². The zero-order valence-electron chi connectivity index (χ0n) is 7.47. The van der Waals surface area contributed by atoms with Gasteiger partial charge in [-0.2, -0.15) is 0 Å². The van der Waals surface area contributed by atoms with Gasteiger partial charge in [0.1, 0.15) is 6.04 Å². The number of likely N-dealkylation sites (N-methyl/N-ethyl adjacent to an activating group) is 1. The molecule has 1 aliphatic heterocycles. The fourth-order valence-electron chi connectivity index (χ4n) is 2.01. The number of aliphatic hydroxyl groups is 1. The maximum Gasteiger partial charge on any atom is 0.111 e. The third-order valence-corrected chi connectivity index (χ3v) is 2.80. The van der Waals surface area contributed by atoms with Gasteiger partial charge in [0, 0.05) is 6.42 Å². The Hall–Kier alpha value is -0.0800. The van der Waals surface area contributed by atoms with E-state index in [1.165, 1.54) is 38.8 Å². The number of rotatable bonds is 2. The third kappa shape index (κ3) is 2.46. The van der Waals surface area contributed by atoms with E-state index < -0.39 is 0 Å². The minimum Gasteiger partial charge on any atom is -0.390 e. The topological polar surface area (TPSA) is 24.7 Å². The molecule has 0 aromatic heterocycles. The van der Waals surface area contributed by atoms with Crippen molar-refractivity contribution in [1.82, 2.24) is 0 Å². The summed E-state index contributed by atoms with van der Waals surface area (Å²) in [7, 11) is 0. The van der Waals surface area contributed by atoms with Crippen LogP contribution in [0.1, 0.15) is 32.6 Å². The minimum absolute atomic E-state index is 0.378. The first-order valence-corrected chi connectivity index (χ1v) is 4.84. The van der Waals surface area contributed by atoms with Crippen LogP contribution in [0.2, 0.25) is 0 Å². The number of nitrogens with one attached hydrogen (secondary N) is 1. The van der Waals surface area contributed by atoms with Gasteiger partial charge in [-0.3, -0.25) is 0 Å². The molecule has 0 bridgehead atoms. The molecule has 0 aromatic rings. The monoisotopic (exact) mass is 158 g/mol. The summed E-state index contributed by atoms with van der Waals surface area (Å²) in [5.41, 5.74) is 0. The standard InChI is InChI=1S/C9H19NO/c1-2-10-7-5-3-4-6-9(10)8-11/h9,11H,2-8H2,1H3/p+1/t9-/m0/s1. The highest BCUT2D eigenvalue weighted by molar-refractivity contribution is 4.58. The molecule has 2 heteroatoms. The van der Waals surface area contributed by atoms with Crippen molar-refractivity contribution in [2.75, 3.05) is 19.7 Å². The van der Waals surface area contributed by atoms with Crippen LogP contribution in [0.5, 0.6) is 0 Å². The van der Waals surface area contributed by atoms with Gasteiger partial charge in [-0.1, -0.05) is 0 Å². The molecule has 1 aliphatic rings. The van der Waals surface area contributed by atoms with Gasteiger partial charge in [0.05, 0.1) is 19.7 Å². The lowest BCUT2D eigenvalue weighted by Gasteiger charge is -2.23. The number of hydrogen-bond acceptors (Lipinski definition) is 1. The average molecular weight is 158 g/mol. The van der Waals surface area contributed by atoms with Crippen LogP contribution in [0.25, 0.3) is 0 Å². The van der Waals surface area contributed by atoms with Crippen molar-refractivity contribution < 1.29 is 10.0 Å². The molecule has 0 spiro atoms. The van der Waals surface area contributed by atoms with E-state index in [0.717, 1.165) is 0 Å². The molecule has 1 heterocycles. The Morgan fingerprint density at radius 1 is 1.36 bits per heavy atom. The molecule has 1 fully saturated rings. The molecule has 0 aromatic carbocycles. The number of quaternary nitrogens is 1. The van der Waals surface area contributed by atoms with Crippen molar-refractivity contribution >= 4 is 0 Å². The second-order valence-corrected chi connectivity index (χ2v) is 3.49. The number of likely N-dealkylation sites (tertiary alicyclic amines) is 1.